The van der Waals surface area contributed by atoms with Gasteiger partial charge in [0.15, 0.2) is 0 Å². The van der Waals surface area contributed by atoms with Crippen molar-refractivity contribution in [2.24, 2.45) is 0 Å². The van der Waals surface area contributed by atoms with Crippen LogP contribution in [0.3, 0.4) is 0 Å². The van der Waals surface area contributed by atoms with Crippen LogP contribution in [0.25, 0.3) is 0 Å². The van der Waals surface area contributed by atoms with Crippen LogP contribution in [-0.2, 0) is 14.9 Å². The molecule has 0 heterocycles. The topological polar surface area (TPSA) is 38.3 Å². The number of ether oxygens (including phenoxy) is 1. The molecule has 1 saturated carbocycles. The van der Waals surface area contributed by atoms with E-state index in [1.165, 1.54) is 25.5 Å². The van der Waals surface area contributed by atoms with Crippen LogP contribution in [0, 0.1) is 0 Å². The van der Waals surface area contributed by atoms with Gasteiger partial charge in [0.1, 0.15) is 0 Å². The number of carbonyl (C=O) groups excluding carboxylic acids is 1. The largest absolute Gasteiger partial charge is 0.468 e. The van der Waals surface area contributed by atoms with Crippen LogP contribution in [-0.4, -0.2) is 26.2 Å². The summed E-state index contributed by atoms with van der Waals surface area (Å²) >= 11 is 0. The van der Waals surface area contributed by atoms with Gasteiger partial charge in [0.05, 0.1) is 13.7 Å². The van der Waals surface area contributed by atoms with Gasteiger partial charge in [0.25, 0.3) is 0 Å². The Morgan fingerprint density at radius 3 is 2.62 bits per heavy atom. The number of hydrogen-bond acceptors (Lipinski definition) is 3. The highest BCUT2D eigenvalue weighted by Gasteiger charge is 2.43. The predicted octanol–water partition coefficient (Wildman–Crippen LogP) is 1.48. The molecule has 0 atom stereocenters. The van der Waals surface area contributed by atoms with Crippen molar-refractivity contribution in [2.45, 2.75) is 18.3 Å². The molecule has 0 spiro atoms. The van der Waals surface area contributed by atoms with Crippen molar-refractivity contribution in [3.63, 3.8) is 0 Å². The van der Waals surface area contributed by atoms with E-state index in [0.29, 0.717) is 6.54 Å². The quantitative estimate of drug-likeness (QED) is 0.762. The standard InChI is InChI=1S/C13H17NO2/c1-16-12(15)9-14-10-13(7-8-13)11-5-3-2-4-6-11/h2-6,14H,7-10H2,1H3. The van der Waals surface area contributed by atoms with Crippen LogP contribution in [0.1, 0.15) is 18.4 Å². The van der Waals surface area contributed by atoms with Gasteiger partial charge >= 0.3 is 5.97 Å². The van der Waals surface area contributed by atoms with E-state index in [9.17, 15) is 4.79 Å². The lowest BCUT2D eigenvalue weighted by Gasteiger charge is -2.15. The van der Waals surface area contributed by atoms with Crippen molar-refractivity contribution in [3.8, 4) is 0 Å². The highest BCUT2D eigenvalue weighted by Crippen LogP contribution is 2.47. The summed E-state index contributed by atoms with van der Waals surface area (Å²) in [4.78, 5) is 11.0. The molecule has 1 aliphatic carbocycles. The van der Waals surface area contributed by atoms with Crippen molar-refractivity contribution in [1.29, 1.82) is 0 Å². The summed E-state index contributed by atoms with van der Waals surface area (Å²) in [6, 6.07) is 10.5. The van der Waals surface area contributed by atoms with Crippen molar-refractivity contribution >= 4 is 5.97 Å². The maximum absolute atomic E-state index is 11.0. The van der Waals surface area contributed by atoms with Crippen LogP contribution >= 0.6 is 0 Å². The SMILES string of the molecule is COC(=O)CNCC1(c2ccccc2)CC1. The average Bonchev–Trinajstić information content (AvgIpc) is 3.11. The van der Waals surface area contributed by atoms with Crippen molar-refractivity contribution in [3.05, 3.63) is 35.9 Å². The van der Waals surface area contributed by atoms with Crippen LogP contribution in [0.15, 0.2) is 30.3 Å². The Labute approximate surface area is 95.8 Å². The Balaban J connectivity index is 1.88. The third-order valence-corrected chi connectivity index (χ3v) is 3.20. The third kappa shape index (κ3) is 2.42. The van der Waals surface area contributed by atoms with Gasteiger partial charge in [-0.15, -0.1) is 0 Å². The second-order valence-electron chi connectivity index (χ2n) is 4.33. The first-order chi connectivity index (χ1) is 7.77. The van der Waals surface area contributed by atoms with Gasteiger partial charge in [0, 0.05) is 12.0 Å². The summed E-state index contributed by atoms with van der Waals surface area (Å²) in [7, 11) is 1.41. The molecule has 1 aromatic rings. The van der Waals surface area contributed by atoms with Crippen molar-refractivity contribution < 1.29 is 9.53 Å². The number of hydrogen-bond donors (Lipinski definition) is 1. The number of benzene rings is 1. The van der Waals surface area contributed by atoms with Crippen LogP contribution < -0.4 is 5.32 Å². The van der Waals surface area contributed by atoms with Crippen molar-refractivity contribution in [1.82, 2.24) is 5.32 Å². The normalized spacial score (nSPS) is 16.8. The second-order valence-corrected chi connectivity index (χ2v) is 4.33. The Hall–Kier alpha value is -1.35. The Bertz CT molecular complexity index is 357. The smallest absolute Gasteiger partial charge is 0.319 e. The predicted molar refractivity (Wildman–Crippen MR) is 62.2 cm³/mol. The summed E-state index contributed by atoms with van der Waals surface area (Å²) in [6.07, 6.45) is 2.40. The molecule has 1 aromatic carbocycles. The lowest BCUT2D eigenvalue weighted by atomic mass is 9.96. The number of esters is 1. The minimum atomic E-state index is -0.205. The second kappa shape index (κ2) is 4.66. The highest BCUT2D eigenvalue weighted by molar-refractivity contribution is 5.71. The Kier molecular flexibility index (Phi) is 3.25. The van der Waals surface area contributed by atoms with Crippen molar-refractivity contribution in [2.75, 3.05) is 20.2 Å². The van der Waals surface area contributed by atoms with E-state index in [-0.39, 0.29) is 11.4 Å². The van der Waals surface area contributed by atoms with Crippen LogP contribution in [0.2, 0.25) is 0 Å². The minimum absolute atomic E-state index is 0.205. The number of methoxy groups -OCH3 is 1. The molecule has 0 unspecified atom stereocenters. The van der Waals surface area contributed by atoms with E-state index in [2.05, 4.69) is 34.3 Å². The summed E-state index contributed by atoms with van der Waals surface area (Å²) in [5.74, 6) is -0.205. The van der Waals surface area contributed by atoms with Gasteiger partial charge in [-0.3, -0.25) is 4.79 Å². The average molecular weight is 219 g/mol. The number of rotatable bonds is 5. The molecule has 0 saturated heterocycles. The minimum Gasteiger partial charge on any atom is -0.468 e. The van der Waals surface area contributed by atoms with Gasteiger partial charge < -0.3 is 10.1 Å². The molecule has 86 valence electrons. The first-order valence-electron chi connectivity index (χ1n) is 5.60. The monoisotopic (exact) mass is 219 g/mol. The van der Waals surface area contributed by atoms with E-state index in [4.69, 9.17) is 0 Å². The molecule has 0 amide bonds. The van der Waals surface area contributed by atoms with Gasteiger partial charge in [-0.25, -0.2) is 0 Å². The van der Waals surface area contributed by atoms with E-state index in [1.807, 2.05) is 6.07 Å². The molecule has 1 fully saturated rings. The summed E-state index contributed by atoms with van der Waals surface area (Å²) in [5.41, 5.74) is 1.63. The molecule has 0 aliphatic heterocycles. The third-order valence-electron chi connectivity index (χ3n) is 3.20. The fourth-order valence-corrected chi connectivity index (χ4v) is 1.99. The maximum Gasteiger partial charge on any atom is 0.319 e. The molecule has 0 aromatic heterocycles. The van der Waals surface area contributed by atoms with E-state index >= 15 is 0 Å². The zero-order valence-corrected chi connectivity index (χ0v) is 9.53. The van der Waals surface area contributed by atoms with Gasteiger partial charge in [-0.2, -0.15) is 0 Å². The van der Waals surface area contributed by atoms with Gasteiger partial charge in [-0.1, -0.05) is 30.3 Å². The Morgan fingerprint density at radius 1 is 1.38 bits per heavy atom. The zero-order chi connectivity index (χ0) is 11.4. The first kappa shape index (κ1) is 11.1. The molecule has 0 bridgehead atoms. The summed E-state index contributed by atoms with van der Waals surface area (Å²) in [5, 5.41) is 3.16. The molecule has 3 heteroatoms. The van der Waals surface area contributed by atoms with Gasteiger partial charge in [-0.05, 0) is 18.4 Å². The lowest BCUT2D eigenvalue weighted by molar-refractivity contribution is -0.139. The molecular formula is C13H17NO2. The fourth-order valence-electron chi connectivity index (χ4n) is 1.99. The maximum atomic E-state index is 11.0. The molecule has 1 aliphatic rings. The fraction of sp³-hybridized carbons (Fsp3) is 0.462. The lowest BCUT2D eigenvalue weighted by Crippen LogP contribution is -2.31. The molecule has 16 heavy (non-hydrogen) atoms. The molecule has 3 nitrogen and oxygen atoms in total. The van der Waals surface area contributed by atoms with Crippen LogP contribution in [0.4, 0.5) is 0 Å². The van der Waals surface area contributed by atoms with E-state index in [0.717, 1.165) is 6.54 Å². The highest BCUT2D eigenvalue weighted by atomic mass is 16.5. The first-order valence-corrected chi connectivity index (χ1v) is 5.60. The zero-order valence-electron chi connectivity index (χ0n) is 9.53. The Morgan fingerprint density at radius 2 is 2.06 bits per heavy atom. The number of nitrogens with one attached hydrogen (secondary N) is 1. The summed E-state index contributed by atoms with van der Waals surface area (Å²) in [6.45, 7) is 1.15. The molecule has 0 radical (unpaired) electrons. The summed E-state index contributed by atoms with van der Waals surface area (Å²) < 4.78 is 4.59. The number of carbonyl (C=O) groups is 1. The molecule has 2 rings (SSSR count). The van der Waals surface area contributed by atoms with E-state index in [1.54, 1.807) is 0 Å². The molecule has 1 N–H and O–H groups in total. The molecular weight excluding hydrogens is 202 g/mol. The van der Waals surface area contributed by atoms with Gasteiger partial charge in [0.2, 0.25) is 0 Å². The van der Waals surface area contributed by atoms with Crippen LogP contribution in [0.5, 0.6) is 0 Å². The van der Waals surface area contributed by atoms with E-state index < -0.39 is 0 Å².